The molecule has 1 aromatic rings. The first kappa shape index (κ1) is 19.0. The van der Waals surface area contributed by atoms with Gasteiger partial charge in [0.25, 0.3) is 0 Å². The Morgan fingerprint density at radius 1 is 1.41 bits per heavy atom. The summed E-state index contributed by atoms with van der Waals surface area (Å²) in [5, 5.41) is 13.1. The van der Waals surface area contributed by atoms with Crippen LogP contribution in [0.4, 0.5) is 5.00 Å². The fourth-order valence-electron chi connectivity index (χ4n) is 2.36. The molecule has 1 aliphatic rings. The number of halogens is 1. The van der Waals surface area contributed by atoms with E-state index in [0.717, 1.165) is 25.1 Å². The zero-order valence-electron chi connectivity index (χ0n) is 13.8. The lowest BCUT2D eigenvalue weighted by atomic mass is 9.95. The molecule has 22 heavy (non-hydrogen) atoms. The van der Waals surface area contributed by atoms with E-state index in [1.54, 1.807) is 11.3 Å². The van der Waals surface area contributed by atoms with Gasteiger partial charge >= 0.3 is 0 Å². The average Bonchev–Trinajstić information content (AvgIpc) is 2.73. The van der Waals surface area contributed by atoms with Crippen molar-refractivity contribution in [3.63, 3.8) is 0 Å². The molecule has 0 radical (unpaired) electrons. The van der Waals surface area contributed by atoms with Crippen LogP contribution in [0.1, 0.15) is 50.6 Å². The first-order valence-corrected chi connectivity index (χ1v) is 8.15. The second-order valence-corrected chi connectivity index (χ2v) is 7.94. The third-order valence-corrected chi connectivity index (χ3v) is 4.97. The minimum Gasteiger partial charge on any atom is -0.316 e. The van der Waals surface area contributed by atoms with Gasteiger partial charge in [-0.05, 0) is 25.8 Å². The van der Waals surface area contributed by atoms with Crippen molar-refractivity contribution in [1.29, 1.82) is 5.26 Å². The Morgan fingerprint density at radius 3 is 2.55 bits per heavy atom. The van der Waals surface area contributed by atoms with E-state index in [4.69, 9.17) is 0 Å². The number of anilines is 1. The van der Waals surface area contributed by atoms with Crippen molar-refractivity contribution in [3.8, 4) is 6.07 Å². The molecule has 0 aliphatic carbocycles. The monoisotopic (exact) mass is 341 g/mol. The van der Waals surface area contributed by atoms with E-state index in [0.29, 0.717) is 16.6 Å². The molecule has 0 saturated heterocycles. The number of nitrogens with zero attached hydrogens (tertiary/aromatic N) is 2. The van der Waals surface area contributed by atoms with E-state index >= 15 is 0 Å². The second-order valence-electron chi connectivity index (χ2n) is 6.84. The Morgan fingerprint density at radius 2 is 2.05 bits per heavy atom. The van der Waals surface area contributed by atoms with E-state index in [1.165, 1.54) is 4.88 Å². The summed E-state index contributed by atoms with van der Waals surface area (Å²) in [4.78, 5) is 15.8. The van der Waals surface area contributed by atoms with Gasteiger partial charge in [-0.1, -0.05) is 20.8 Å². The molecular formula is C16H24ClN3OS. The van der Waals surface area contributed by atoms with Crippen molar-refractivity contribution in [2.75, 3.05) is 11.9 Å². The lowest BCUT2D eigenvalue weighted by Gasteiger charge is -2.30. The minimum atomic E-state index is -0.457. The van der Waals surface area contributed by atoms with E-state index in [1.807, 2.05) is 20.8 Å². The summed E-state index contributed by atoms with van der Waals surface area (Å²) in [5.41, 5.74) is 1.33. The van der Waals surface area contributed by atoms with Gasteiger partial charge in [0.15, 0.2) is 0 Å². The molecule has 1 N–H and O–H groups in total. The number of thiophene rings is 1. The Hall–Kier alpha value is -1.09. The molecule has 0 fully saturated rings. The highest BCUT2D eigenvalue weighted by Crippen LogP contribution is 2.37. The topological polar surface area (TPSA) is 56.1 Å². The van der Waals surface area contributed by atoms with Crippen LogP contribution in [-0.4, -0.2) is 23.4 Å². The van der Waals surface area contributed by atoms with Gasteiger partial charge in [-0.25, -0.2) is 0 Å². The third kappa shape index (κ3) is 3.81. The molecule has 1 aromatic heterocycles. The molecule has 0 saturated carbocycles. The average molecular weight is 342 g/mol. The summed E-state index contributed by atoms with van der Waals surface area (Å²) in [6.45, 7) is 11.9. The maximum absolute atomic E-state index is 12.2. The van der Waals surface area contributed by atoms with Crippen molar-refractivity contribution in [2.24, 2.45) is 5.41 Å². The summed E-state index contributed by atoms with van der Waals surface area (Å²) in [7, 11) is 0. The molecule has 0 spiro atoms. The summed E-state index contributed by atoms with van der Waals surface area (Å²) < 4.78 is 0. The van der Waals surface area contributed by atoms with Crippen LogP contribution in [0.3, 0.4) is 0 Å². The van der Waals surface area contributed by atoms with Crippen molar-refractivity contribution in [2.45, 2.75) is 53.6 Å². The fraction of sp³-hybridized carbons (Fsp3) is 0.625. The smallest absolute Gasteiger partial charge is 0.230 e. The molecule has 0 unspecified atom stereocenters. The fourth-order valence-corrected chi connectivity index (χ4v) is 3.58. The van der Waals surface area contributed by atoms with Gasteiger partial charge in [-0.15, -0.1) is 23.7 Å². The summed E-state index contributed by atoms with van der Waals surface area (Å²) in [5.74, 6) is -0.0432. The number of rotatable bonds is 2. The zero-order chi connectivity index (χ0) is 15.8. The summed E-state index contributed by atoms with van der Waals surface area (Å²) in [6.07, 6.45) is 0.887. The summed E-state index contributed by atoms with van der Waals surface area (Å²) in [6, 6.07) is 2.78. The van der Waals surface area contributed by atoms with Gasteiger partial charge in [0.2, 0.25) is 5.91 Å². The van der Waals surface area contributed by atoms with Gasteiger partial charge in [-0.3, -0.25) is 9.69 Å². The molecule has 0 bridgehead atoms. The molecule has 0 aromatic carbocycles. The summed E-state index contributed by atoms with van der Waals surface area (Å²) >= 11 is 1.56. The highest BCUT2D eigenvalue weighted by molar-refractivity contribution is 7.16. The number of hydrogen-bond acceptors (Lipinski definition) is 4. The van der Waals surface area contributed by atoms with Crippen LogP contribution < -0.4 is 5.32 Å². The predicted octanol–water partition coefficient (Wildman–Crippen LogP) is 3.79. The van der Waals surface area contributed by atoms with Crippen molar-refractivity contribution < 1.29 is 4.79 Å². The minimum absolute atomic E-state index is 0. The Labute approximate surface area is 142 Å². The van der Waals surface area contributed by atoms with E-state index in [9.17, 15) is 10.1 Å². The zero-order valence-corrected chi connectivity index (χ0v) is 15.5. The van der Waals surface area contributed by atoms with Crippen LogP contribution >= 0.6 is 23.7 Å². The number of nitrogens with one attached hydrogen (secondary N) is 1. The molecule has 6 heteroatoms. The molecule has 2 heterocycles. The third-order valence-electron chi connectivity index (χ3n) is 3.84. The van der Waals surface area contributed by atoms with Gasteiger partial charge in [-0.2, -0.15) is 5.26 Å². The molecule has 1 aliphatic heterocycles. The molecule has 0 atom stereocenters. The Balaban J connectivity index is 0.00000242. The normalized spacial score (nSPS) is 15.0. The number of nitriles is 1. The lowest BCUT2D eigenvalue weighted by molar-refractivity contribution is -0.123. The van der Waals surface area contributed by atoms with Crippen LogP contribution in [0.5, 0.6) is 0 Å². The standard InChI is InChI=1S/C16H23N3OS.ClH/c1-10(2)19-7-6-11-12(8-17)14(21-13(11)9-19)18-15(20)16(3,4)5;/h10H,6-7,9H2,1-5H3,(H,18,20);1H. The van der Waals surface area contributed by atoms with Crippen LogP contribution in [-0.2, 0) is 17.8 Å². The van der Waals surface area contributed by atoms with Gasteiger partial charge in [0, 0.05) is 29.4 Å². The molecule has 2 rings (SSSR count). The lowest BCUT2D eigenvalue weighted by Crippen LogP contribution is -2.35. The van der Waals surface area contributed by atoms with Crippen LogP contribution in [0.15, 0.2) is 0 Å². The molecular weight excluding hydrogens is 318 g/mol. The maximum Gasteiger partial charge on any atom is 0.230 e. The van der Waals surface area contributed by atoms with E-state index in [2.05, 4.69) is 30.1 Å². The SMILES string of the molecule is CC(C)N1CCc2c(sc(NC(=O)C(C)(C)C)c2C#N)C1.Cl. The highest BCUT2D eigenvalue weighted by atomic mass is 35.5. The second kappa shape index (κ2) is 6.99. The van der Waals surface area contributed by atoms with Crippen LogP contribution in [0.25, 0.3) is 0 Å². The molecule has 122 valence electrons. The first-order chi connectivity index (χ1) is 9.74. The van der Waals surface area contributed by atoms with Crippen molar-refractivity contribution >= 4 is 34.7 Å². The maximum atomic E-state index is 12.2. The number of fused-ring (bicyclic) bond motifs is 1. The first-order valence-electron chi connectivity index (χ1n) is 7.34. The van der Waals surface area contributed by atoms with E-state index < -0.39 is 5.41 Å². The molecule has 4 nitrogen and oxygen atoms in total. The highest BCUT2D eigenvalue weighted by Gasteiger charge is 2.28. The Bertz CT molecular complexity index is 596. The van der Waals surface area contributed by atoms with E-state index in [-0.39, 0.29) is 18.3 Å². The number of carbonyl (C=O) groups excluding carboxylic acids is 1. The van der Waals surface area contributed by atoms with Crippen molar-refractivity contribution in [3.05, 3.63) is 16.0 Å². The van der Waals surface area contributed by atoms with Gasteiger partial charge in [0.05, 0.1) is 5.56 Å². The quantitative estimate of drug-likeness (QED) is 0.890. The predicted molar refractivity (Wildman–Crippen MR) is 93.6 cm³/mol. The number of hydrogen-bond donors (Lipinski definition) is 1. The Kier molecular flexibility index (Phi) is 6.03. The van der Waals surface area contributed by atoms with Gasteiger partial charge < -0.3 is 5.32 Å². The van der Waals surface area contributed by atoms with Gasteiger partial charge in [0.1, 0.15) is 11.1 Å². The largest absolute Gasteiger partial charge is 0.316 e. The molecule has 1 amide bonds. The van der Waals surface area contributed by atoms with Crippen LogP contribution in [0.2, 0.25) is 0 Å². The number of carbonyl (C=O) groups is 1. The van der Waals surface area contributed by atoms with Crippen LogP contribution in [0, 0.1) is 16.7 Å². The number of amides is 1. The van der Waals surface area contributed by atoms with Crippen molar-refractivity contribution in [1.82, 2.24) is 4.90 Å².